The first kappa shape index (κ1) is 17.6. The molecule has 3 N–H and O–H groups in total. The van der Waals surface area contributed by atoms with Gasteiger partial charge in [0, 0.05) is 13.1 Å². The third-order valence-corrected chi connectivity index (χ3v) is 4.43. The van der Waals surface area contributed by atoms with Crippen LogP contribution in [0.1, 0.15) is 31.0 Å². The monoisotopic (exact) mass is 360 g/mol. The molecular formula is C17H20N4O5. The van der Waals surface area contributed by atoms with E-state index in [9.17, 15) is 19.5 Å². The number of nitrogens with zero attached hydrogens (tertiary/aromatic N) is 2. The Hall–Kier alpha value is -3.23. The second kappa shape index (κ2) is 6.58. The van der Waals surface area contributed by atoms with Crippen molar-refractivity contribution in [1.82, 2.24) is 14.5 Å². The van der Waals surface area contributed by atoms with Crippen LogP contribution in [0.25, 0.3) is 0 Å². The number of benzene rings is 1. The number of urea groups is 1. The van der Waals surface area contributed by atoms with E-state index in [-0.39, 0.29) is 29.4 Å². The average molecular weight is 360 g/mol. The first-order valence-electron chi connectivity index (χ1n) is 8.24. The van der Waals surface area contributed by atoms with Crippen molar-refractivity contribution in [2.75, 3.05) is 12.4 Å². The number of aromatic hydroxyl groups is 1. The van der Waals surface area contributed by atoms with Crippen molar-refractivity contribution in [2.45, 2.75) is 33.0 Å². The van der Waals surface area contributed by atoms with Crippen molar-refractivity contribution in [2.24, 2.45) is 0 Å². The van der Waals surface area contributed by atoms with Crippen molar-refractivity contribution < 1.29 is 14.6 Å². The number of phenolic OH excluding ortho intramolecular Hbond substituents is 1. The molecule has 1 atom stereocenters. The molecule has 1 unspecified atom stereocenters. The van der Waals surface area contributed by atoms with Crippen LogP contribution in [0.4, 0.5) is 10.6 Å². The highest BCUT2D eigenvalue weighted by atomic mass is 16.5. The van der Waals surface area contributed by atoms with Gasteiger partial charge in [-0.15, -0.1) is 0 Å². The number of carbonyl (C=O) groups excluding carboxylic acids is 1. The number of anilines is 1. The highest BCUT2D eigenvalue weighted by Gasteiger charge is 2.32. The lowest BCUT2D eigenvalue weighted by molar-refractivity contribution is 0.248. The molecule has 2 aromatic rings. The Kier molecular flexibility index (Phi) is 4.45. The van der Waals surface area contributed by atoms with E-state index in [4.69, 9.17) is 4.74 Å². The summed E-state index contributed by atoms with van der Waals surface area (Å²) in [5.41, 5.74) is -0.123. The largest absolute Gasteiger partial charge is 0.504 e. The van der Waals surface area contributed by atoms with Gasteiger partial charge in [-0.2, -0.15) is 0 Å². The predicted octanol–water partition coefficient (Wildman–Crippen LogP) is 0.988. The minimum absolute atomic E-state index is 0.0544. The molecule has 0 fully saturated rings. The molecule has 3 rings (SSSR count). The van der Waals surface area contributed by atoms with E-state index >= 15 is 0 Å². The van der Waals surface area contributed by atoms with Crippen LogP contribution in [0.2, 0.25) is 0 Å². The van der Waals surface area contributed by atoms with E-state index in [0.29, 0.717) is 12.1 Å². The van der Waals surface area contributed by atoms with E-state index in [1.807, 2.05) is 0 Å². The number of hydrogen-bond acceptors (Lipinski definition) is 5. The Balaban J connectivity index is 2.32. The molecule has 1 aromatic carbocycles. The lowest BCUT2D eigenvalue weighted by Crippen LogP contribution is -2.50. The highest BCUT2D eigenvalue weighted by molar-refractivity contribution is 5.92. The average Bonchev–Trinajstić information content (AvgIpc) is 2.62. The second-order valence-electron chi connectivity index (χ2n) is 5.80. The normalized spacial score (nSPS) is 15.8. The van der Waals surface area contributed by atoms with Gasteiger partial charge in [0.25, 0.3) is 5.56 Å². The fourth-order valence-corrected chi connectivity index (χ4v) is 3.16. The summed E-state index contributed by atoms with van der Waals surface area (Å²) in [6.45, 7) is 3.99. The third kappa shape index (κ3) is 2.61. The summed E-state index contributed by atoms with van der Waals surface area (Å²) < 4.78 is 7.61. The molecule has 1 aliphatic rings. The van der Waals surface area contributed by atoms with Crippen molar-refractivity contribution >= 4 is 11.8 Å². The Bertz CT molecular complexity index is 992. The van der Waals surface area contributed by atoms with Gasteiger partial charge in [-0.05, 0) is 31.5 Å². The number of hydrogen-bond donors (Lipinski definition) is 3. The molecule has 0 saturated carbocycles. The van der Waals surface area contributed by atoms with Crippen LogP contribution in [0.15, 0.2) is 27.8 Å². The fourth-order valence-electron chi connectivity index (χ4n) is 3.16. The smallest absolute Gasteiger partial charge is 0.332 e. The van der Waals surface area contributed by atoms with Crippen LogP contribution in [0.3, 0.4) is 0 Å². The van der Waals surface area contributed by atoms with Crippen LogP contribution in [-0.2, 0) is 13.1 Å². The van der Waals surface area contributed by atoms with Gasteiger partial charge in [-0.25, -0.2) is 9.59 Å². The lowest BCUT2D eigenvalue weighted by Gasteiger charge is -2.29. The Labute approximate surface area is 148 Å². The molecular weight excluding hydrogens is 340 g/mol. The minimum Gasteiger partial charge on any atom is -0.504 e. The van der Waals surface area contributed by atoms with Gasteiger partial charge in [0.2, 0.25) is 0 Å². The summed E-state index contributed by atoms with van der Waals surface area (Å²) >= 11 is 0. The Morgan fingerprint density at radius 3 is 2.46 bits per heavy atom. The first-order chi connectivity index (χ1) is 12.4. The molecule has 2 heterocycles. The molecule has 9 heteroatoms. The molecule has 0 bridgehead atoms. The van der Waals surface area contributed by atoms with Crippen LogP contribution < -0.4 is 26.6 Å². The molecule has 138 valence electrons. The van der Waals surface area contributed by atoms with E-state index in [1.165, 1.54) is 17.7 Å². The van der Waals surface area contributed by atoms with Crippen molar-refractivity contribution in [1.29, 1.82) is 0 Å². The van der Waals surface area contributed by atoms with Gasteiger partial charge in [0.15, 0.2) is 11.5 Å². The van der Waals surface area contributed by atoms with E-state index in [2.05, 4.69) is 10.6 Å². The zero-order chi connectivity index (χ0) is 19.0. The van der Waals surface area contributed by atoms with E-state index in [0.717, 1.165) is 4.57 Å². The van der Waals surface area contributed by atoms with Crippen molar-refractivity contribution in [3.8, 4) is 11.5 Å². The van der Waals surface area contributed by atoms with Crippen LogP contribution in [-0.4, -0.2) is 27.4 Å². The number of nitrogens with one attached hydrogen (secondary N) is 2. The molecule has 2 amide bonds. The van der Waals surface area contributed by atoms with Gasteiger partial charge in [-0.3, -0.25) is 19.2 Å². The summed E-state index contributed by atoms with van der Waals surface area (Å²) in [5, 5.41) is 15.1. The van der Waals surface area contributed by atoms with Gasteiger partial charge in [0.1, 0.15) is 5.82 Å². The number of carbonyl (C=O) groups is 1. The van der Waals surface area contributed by atoms with Crippen LogP contribution >= 0.6 is 0 Å². The zero-order valence-corrected chi connectivity index (χ0v) is 14.7. The maximum absolute atomic E-state index is 12.9. The summed E-state index contributed by atoms with van der Waals surface area (Å²) in [5.74, 6) is 0.352. The molecule has 9 nitrogen and oxygen atoms in total. The van der Waals surface area contributed by atoms with E-state index < -0.39 is 23.3 Å². The molecule has 1 aromatic heterocycles. The van der Waals surface area contributed by atoms with E-state index in [1.54, 1.807) is 26.0 Å². The molecule has 26 heavy (non-hydrogen) atoms. The molecule has 1 aliphatic heterocycles. The number of methoxy groups -OCH3 is 1. The topological polar surface area (TPSA) is 115 Å². The zero-order valence-electron chi connectivity index (χ0n) is 14.7. The Morgan fingerprint density at radius 2 is 1.85 bits per heavy atom. The van der Waals surface area contributed by atoms with Gasteiger partial charge in [-0.1, -0.05) is 6.07 Å². The summed E-state index contributed by atoms with van der Waals surface area (Å²) in [6, 6.07) is 3.26. The lowest BCUT2D eigenvalue weighted by atomic mass is 9.98. The molecule has 0 saturated heterocycles. The van der Waals surface area contributed by atoms with Gasteiger partial charge in [0.05, 0.1) is 18.7 Å². The van der Waals surface area contributed by atoms with Crippen molar-refractivity contribution in [3.05, 3.63) is 50.2 Å². The SMILES string of the molecule is CCn1c2c(c(=O)n(CC)c1=O)C(c1ccc(O)c(OC)c1)NC(=O)N2. The second-order valence-corrected chi connectivity index (χ2v) is 5.80. The molecule has 0 spiro atoms. The van der Waals surface area contributed by atoms with Gasteiger partial charge >= 0.3 is 11.7 Å². The maximum atomic E-state index is 12.9. The number of rotatable bonds is 4. The van der Waals surface area contributed by atoms with Gasteiger partial charge < -0.3 is 15.2 Å². The first-order valence-corrected chi connectivity index (χ1v) is 8.24. The standard InChI is InChI=1S/C17H20N4O5/c1-4-20-14-12(15(23)21(5-2)17(20)25)13(18-16(24)19-14)9-6-7-10(22)11(8-9)26-3/h6-8,13,22H,4-5H2,1-3H3,(H2,18,19,24). The van der Waals surface area contributed by atoms with Crippen LogP contribution in [0, 0.1) is 0 Å². The summed E-state index contributed by atoms with van der Waals surface area (Å²) in [7, 11) is 1.41. The number of amides is 2. The van der Waals surface area contributed by atoms with Crippen molar-refractivity contribution in [3.63, 3.8) is 0 Å². The Morgan fingerprint density at radius 1 is 1.15 bits per heavy atom. The number of fused-ring (bicyclic) bond motifs is 1. The highest BCUT2D eigenvalue weighted by Crippen LogP contribution is 2.34. The summed E-state index contributed by atoms with van der Waals surface area (Å²) in [6.07, 6.45) is 0. The molecule has 0 aliphatic carbocycles. The summed E-state index contributed by atoms with van der Waals surface area (Å²) in [4.78, 5) is 37.6. The fraction of sp³-hybridized carbons (Fsp3) is 0.353. The predicted molar refractivity (Wildman–Crippen MR) is 95.0 cm³/mol. The van der Waals surface area contributed by atoms with Crippen LogP contribution in [0.5, 0.6) is 11.5 Å². The number of phenols is 1. The molecule has 0 radical (unpaired) electrons. The quantitative estimate of drug-likeness (QED) is 0.752. The number of aromatic nitrogens is 2. The minimum atomic E-state index is -0.781. The maximum Gasteiger partial charge on any atom is 0.332 e. The number of ether oxygens (including phenoxy) is 1. The third-order valence-electron chi connectivity index (χ3n) is 4.43.